The Morgan fingerprint density at radius 3 is 2.00 bits per heavy atom. The van der Waals surface area contributed by atoms with Crippen molar-refractivity contribution in [1.29, 1.82) is 0 Å². The van der Waals surface area contributed by atoms with Crippen molar-refractivity contribution in [3.8, 4) is 0 Å². The quantitative estimate of drug-likeness (QED) is 0.307. The third-order valence-corrected chi connectivity index (χ3v) is 1.12. The maximum Gasteiger partial charge on any atom is 0.441 e. The fourth-order valence-corrected chi connectivity index (χ4v) is 0.695. The van der Waals surface area contributed by atoms with Crippen molar-refractivity contribution in [2.24, 2.45) is 0 Å². The molecule has 0 bridgehead atoms. The summed E-state index contributed by atoms with van der Waals surface area (Å²) in [7, 11) is 2.36. The van der Waals surface area contributed by atoms with Gasteiger partial charge < -0.3 is 4.74 Å². The third-order valence-electron chi connectivity index (χ3n) is 0.683. The second-order valence-electron chi connectivity index (χ2n) is 1.20. The predicted molar refractivity (Wildman–Crippen MR) is 40.7 cm³/mol. The smallest absolute Gasteiger partial charge is 0.441 e. The number of amides is 2. The minimum absolute atomic E-state index is 0.501. The van der Waals surface area contributed by atoms with Gasteiger partial charge in [-0.15, -0.1) is 5.06 Å². The SMILES string of the molecule is COC(=O)N(OC)C(=O)I. The number of methoxy groups -OCH3 is 1. The average molecular weight is 259 g/mol. The van der Waals surface area contributed by atoms with Crippen LogP contribution in [0.1, 0.15) is 0 Å². The van der Waals surface area contributed by atoms with E-state index in [0.717, 1.165) is 7.11 Å². The molecule has 0 aromatic carbocycles. The number of carbonyl (C=O) groups excluding carboxylic acids is 2. The summed E-state index contributed by atoms with van der Waals surface area (Å²) in [6, 6.07) is 0. The lowest BCUT2D eigenvalue weighted by Crippen LogP contribution is -2.31. The summed E-state index contributed by atoms with van der Waals surface area (Å²) in [6.45, 7) is 0. The van der Waals surface area contributed by atoms with Gasteiger partial charge in [0.1, 0.15) is 0 Å². The lowest BCUT2D eigenvalue weighted by Gasteiger charge is -2.11. The van der Waals surface area contributed by atoms with E-state index in [1.165, 1.54) is 29.7 Å². The number of hydrogen-bond donors (Lipinski definition) is 0. The maximum atomic E-state index is 10.5. The van der Waals surface area contributed by atoms with Crippen LogP contribution in [0.15, 0.2) is 0 Å². The molecule has 0 aromatic rings. The average Bonchev–Trinajstić information content (AvgIpc) is 1.88. The monoisotopic (exact) mass is 259 g/mol. The van der Waals surface area contributed by atoms with E-state index in [-0.39, 0.29) is 0 Å². The Balaban J connectivity index is 4.06. The van der Waals surface area contributed by atoms with Crippen molar-refractivity contribution in [2.45, 2.75) is 0 Å². The Hall–Kier alpha value is -0.370. The molecule has 5 nitrogen and oxygen atoms in total. The molecule has 0 N–H and O–H groups in total. The van der Waals surface area contributed by atoms with Crippen LogP contribution < -0.4 is 0 Å². The molecule has 6 heteroatoms. The second kappa shape index (κ2) is 4.45. The zero-order chi connectivity index (χ0) is 8.15. The number of nitrogens with zero attached hydrogens (tertiary/aromatic N) is 1. The molecular weight excluding hydrogens is 253 g/mol. The molecule has 58 valence electrons. The van der Waals surface area contributed by atoms with Crippen molar-refractivity contribution in [3.63, 3.8) is 0 Å². The Kier molecular flexibility index (Phi) is 4.28. The molecule has 0 aliphatic carbocycles. The summed E-state index contributed by atoms with van der Waals surface area (Å²) in [5, 5.41) is 0.501. The highest BCUT2D eigenvalue weighted by Gasteiger charge is 2.18. The molecule has 0 aromatic heterocycles. The number of hydroxylamine groups is 2. The van der Waals surface area contributed by atoms with E-state index in [2.05, 4.69) is 9.57 Å². The minimum atomic E-state index is -0.832. The van der Waals surface area contributed by atoms with Gasteiger partial charge in [-0.3, -0.25) is 9.63 Å². The van der Waals surface area contributed by atoms with Crippen LogP contribution in [-0.4, -0.2) is 29.3 Å². The first kappa shape index (κ1) is 9.63. The molecule has 0 atom stereocenters. The first-order chi connectivity index (χ1) is 4.63. The highest BCUT2D eigenvalue weighted by Crippen LogP contribution is 2.01. The Morgan fingerprint density at radius 2 is 1.90 bits per heavy atom. The lowest BCUT2D eigenvalue weighted by molar-refractivity contribution is -0.0585. The van der Waals surface area contributed by atoms with Gasteiger partial charge in [-0.25, -0.2) is 4.79 Å². The molecule has 2 amide bonds. The second-order valence-corrected chi connectivity index (χ2v) is 2.12. The van der Waals surface area contributed by atoms with Crippen molar-refractivity contribution in [1.82, 2.24) is 5.06 Å². The van der Waals surface area contributed by atoms with Gasteiger partial charge in [-0.05, 0) is 0 Å². The number of halogens is 1. The summed E-state index contributed by atoms with van der Waals surface area (Å²) in [6.07, 6.45) is -0.832. The Labute approximate surface area is 71.4 Å². The fraction of sp³-hybridized carbons (Fsp3) is 0.500. The molecule has 0 saturated carbocycles. The topological polar surface area (TPSA) is 55.8 Å². The summed E-state index contributed by atoms with van der Waals surface area (Å²) in [5.41, 5.74) is 0. The number of rotatable bonds is 1. The van der Waals surface area contributed by atoms with Crippen LogP contribution in [0.4, 0.5) is 9.59 Å². The summed E-state index contributed by atoms with van der Waals surface area (Å²) >= 11 is 1.40. The van der Waals surface area contributed by atoms with Crippen LogP contribution in [-0.2, 0) is 9.57 Å². The van der Waals surface area contributed by atoms with E-state index in [0.29, 0.717) is 5.06 Å². The van der Waals surface area contributed by atoms with Crippen LogP contribution in [0.5, 0.6) is 0 Å². The fourth-order valence-electron chi connectivity index (χ4n) is 0.301. The van der Waals surface area contributed by atoms with Gasteiger partial charge in [-0.2, -0.15) is 0 Å². The maximum absolute atomic E-state index is 10.5. The zero-order valence-electron chi connectivity index (χ0n) is 5.46. The van der Waals surface area contributed by atoms with E-state index in [9.17, 15) is 9.59 Å². The Bertz CT molecular complexity index is 148. The van der Waals surface area contributed by atoms with Gasteiger partial charge in [-0.1, -0.05) is 0 Å². The van der Waals surface area contributed by atoms with E-state index in [4.69, 9.17) is 0 Å². The molecule has 10 heavy (non-hydrogen) atoms. The van der Waals surface area contributed by atoms with E-state index < -0.39 is 10.0 Å². The minimum Gasteiger partial charge on any atom is -0.451 e. The van der Waals surface area contributed by atoms with E-state index >= 15 is 0 Å². The highest BCUT2D eigenvalue weighted by molar-refractivity contribution is 14.1. The van der Waals surface area contributed by atoms with Crippen molar-refractivity contribution >= 4 is 32.6 Å². The normalized spacial score (nSPS) is 8.70. The largest absolute Gasteiger partial charge is 0.451 e. The number of hydrogen-bond acceptors (Lipinski definition) is 4. The number of imide groups is 1. The third kappa shape index (κ3) is 2.48. The van der Waals surface area contributed by atoms with Crippen molar-refractivity contribution in [2.75, 3.05) is 14.2 Å². The predicted octanol–water partition coefficient (Wildman–Crippen LogP) is 1.17. The molecule has 0 unspecified atom stereocenters. The van der Waals surface area contributed by atoms with Gasteiger partial charge in [0.15, 0.2) is 0 Å². The first-order valence-corrected chi connectivity index (χ1v) is 3.33. The van der Waals surface area contributed by atoms with Crippen LogP contribution in [0.25, 0.3) is 0 Å². The highest BCUT2D eigenvalue weighted by atomic mass is 127. The van der Waals surface area contributed by atoms with Crippen molar-refractivity contribution in [3.05, 3.63) is 0 Å². The molecule has 0 spiro atoms. The lowest BCUT2D eigenvalue weighted by atomic mass is 11.0. The first-order valence-electron chi connectivity index (χ1n) is 2.25. The van der Waals surface area contributed by atoms with Crippen LogP contribution in [0, 0.1) is 0 Å². The molecule has 0 heterocycles. The number of carbonyl (C=O) groups is 2. The molecular formula is C4H6INO4. The molecule has 0 saturated heterocycles. The van der Waals surface area contributed by atoms with Gasteiger partial charge in [0.2, 0.25) is 0 Å². The summed E-state index contributed by atoms with van der Waals surface area (Å²) < 4.78 is 3.65. The van der Waals surface area contributed by atoms with E-state index in [1.807, 2.05) is 0 Å². The molecule has 0 aliphatic rings. The summed E-state index contributed by atoms with van der Waals surface area (Å²) in [5.74, 6) is 0. The molecule has 0 fully saturated rings. The van der Waals surface area contributed by atoms with Gasteiger partial charge in [0.25, 0.3) is 0 Å². The molecule has 0 rings (SSSR count). The Morgan fingerprint density at radius 1 is 1.40 bits per heavy atom. The standard InChI is InChI=1S/C4H6INO4/c1-9-4(8)6(10-2)3(5)7/h1-2H3. The van der Waals surface area contributed by atoms with Crippen LogP contribution >= 0.6 is 22.6 Å². The van der Waals surface area contributed by atoms with Crippen molar-refractivity contribution < 1.29 is 19.2 Å². The summed E-state index contributed by atoms with van der Waals surface area (Å²) in [4.78, 5) is 25.4. The van der Waals surface area contributed by atoms with Gasteiger partial charge in [0, 0.05) is 22.6 Å². The van der Waals surface area contributed by atoms with Gasteiger partial charge >= 0.3 is 10.0 Å². The van der Waals surface area contributed by atoms with E-state index in [1.54, 1.807) is 0 Å². The van der Waals surface area contributed by atoms with Gasteiger partial charge in [0.05, 0.1) is 14.2 Å². The van der Waals surface area contributed by atoms with Crippen LogP contribution in [0.3, 0.4) is 0 Å². The molecule has 0 aliphatic heterocycles. The van der Waals surface area contributed by atoms with Crippen LogP contribution in [0.2, 0.25) is 0 Å². The zero-order valence-corrected chi connectivity index (χ0v) is 7.62. The number of ether oxygens (including phenoxy) is 1. The molecule has 0 radical (unpaired) electrons.